The largest absolute Gasteiger partial charge is 0.354 e. The Morgan fingerprint density at radius 3 is 2.32 bits per heavy atom. The summed E-state index contributed by atoms with van der Waals surface area (Å²) in [5.41, 5.74) is -1.04. The van der Waals surface area contributed by atoms with Crippen LogP contribution in [0.5, 0.6) is 0 Å². The topological polar surface area (TPSA) is 87.3 Å². The lowest BCUT2D eigenvalue weighted by molar-refractivity contribution is -0.131. The molecule has 3 N–H and O–H groups in total. The Morgan fingerprint density at radius 2 is 1.84 bits per heavy atom. The fourth-order valence-corrected chi connectivity index (χ4v) is 3.33. The number of nitrogens with one attached hydrogen (secondary N) is 3. The standard InChI is InChI=1S/C12H25N3O3S/c1-11(2,15-19(4,17)18)9-14-10(16)12(3)5-7-13-8-6-12/h13,15H,5-9H2,1-4H3,(H,14,16). The first-order chi connectivity index (χ1) is 8.54. The van der Waals surface area contributed by atoms with Crippen molar-refractivity contribution in [1.29, 1.82) is 0 Å². The van der Waals surface area contributed by atoms with Crippen molar-refractivity contribution >= 4 is 15.9 Å². The zero-order chi connectivity index (χ0) is 14.7. The molecule has 1 amide bonds. The van der Waals surface area contributed by atoms with Gasteiger partial charge in [0.2, 0.25) is 15.9 Å². The number of piperidine rings is 1. The molecule has 7 heteroatoms. The third-order valence-electron chi connectivity index (χ3n) is 3.41. The Kier molecular flexibility index (Phi) is 4.97. The number of hydrogen-bond acceptors (Lipinski definition) is 4. The van der Waals surface area contributed by atoms with E-state index in [1.165, 1.54) is 0 Å². The van der Waals surface area contributed by atoms with Crippen LogP contribution >= 0.6 is 0 Å². The average Bonchev–Trinajstić information content (AvgIpc) is 2.23. The second-order valence-electron chi connectivity index (χ2n) is 6.25. The number of rotatable bonds is 5. The van der Waals surface area contributed by atoms with Gasteiger partial charge in [-0.15, -0.1) is 0 Å². The molecule has 0 bridgehead atoms. The van der Waals surface area contributed by atoms with E-state index < -0.39 is 15.6 Å². The monoisotopic (exact) mass is 291 g/mol. The number of amides is 1. The first-order valence-corrected chi connectivity index (χ1v) is 8.41. The Hall–Kier alpha value is -0.660. The van der Waals surface area contributed by atoms with E-state index in [0.29, 0.717) is 0 Å². The van der Waals surface area contributed by atoms with Gasteiger partial charge in [-0.05, 0) is 39.8 Å². The predicted octanol–water partition coefficient (Wildman–Crippen LogP) is -0.180. The summed E-state index contributed by atoms with van der Waals surface area (Å²) in [7, 11) is -3.28. The molecule has 6 nitrogen and oxygen atoms in total. The van der Waals surface area contributed by atoms with Crippen LogP contribution in [-0.2, 0) is 14.8 Å². The van der Waals surface area contributed by atoms with E-state index in [0.717, 1.165) is 32.2 Å². The Balaban J connectivity index is 2.53. The smallest absolute Gasteiger partial charge is 0.226 e. The van der Waals surface area contributed by atoms with E-state index in [-0.39, 0.29) is 17.9 Å². The minimum absolute atomic E-state index is 0.00243. The maximum Gasteiger partial charge on any atom is 0.226 e. The van der Waals surface area contributed by atoms with Gasteiger partial charge in [0, 0.05) is 17.5 Å². The molecule has 0 saturated carbocycles. The predicted molar refractivity (Wildman–Crippen MR) is 75.3 cm³/mol. The molecule has 1 aliphatic heterocycles. The molecule has 0 aromatic carbocycles. The van der Waals surface area contributed by atoms with Crippen LogP contribution in [-0.4, -0.2) is 45.8 Å². The fourth-order valence-electron chi connectivity index (χ4n) is 2.26. The zero-order valence-corrected chi connectivity index (χ0v) is 13.0. The van der Waals surface area contributed by atoms with Gasteiger partial charge in [0.05, 0.1) is 6.26 Å². The highest BCUT2D eigenvalue weighted by atomic mass is 32.2. The lowest BCUT2D eigenvalue weighted by Crippen LogP contribution is -2.54. The van der Waals surface area contributed by atoms with Crippen LogP contribution < -0.4 is 15.4 Å². The van der Waals surface area contributed by atoms with Crippen LogP contribution in [0.15, 0.2) is 0 Å². The number of hydrogen-bond donors (Lipinski definition) is 3. The van der Waals surface area contributed by atoms with Crippen LogP contribution in [0.25, 0.3) is 0 Å². The molecule has 1 heterocycles. The van der Waals surface area contributed by atoms with Gasteiger partial charge in [0.25, 0.3) is 0 Å². The molecule has 1 fully saturated rings. The molecule has 0 radical (unpaired) electrons. The highest BCUT2D eigenvalue weighted by Gasteiger charge is 2.35. The van der Waals surface area contributed by atoms with Crippen LogP contribution in [0.4, 0.5) is 0 Å². The quantitative estimate of drug-likeness (QED) is 0.656. The summed E-state index contributed by atoms with van der Waals surface area (Å²) in [4.78, 5) is 12.2. The van der Waals surface area contributed by atoms with Gasteiger partial charge >= 0.3 is 0 Å². The minimum Gasteiger partial charge on any atom is -0.354 e. The van der Waals surface area contributed by atoms with Crippen molar-refractivity contribution in [3.05, 3.63) is 0 Å². The minimum atomic E-state index is -3.28. The molecule has 0 unspecified atom stereocenters. The molecule has 112 valence electrons. The molecule has 1 rings (SSSR count). The summed E-state index contributed by atoms with van der Waals surface area (Å²) in [6.07, 6.45) is 2.72. The molecule has 1 saturated heterocycles. The van der Waals surface area contributed by atoms with Gasteiger partial charge in [-0.1, -0.05) is 6.92 Å². The van der Waals surface area contributed by atoms with Crippen molar-refractivity contribution in [2.45, 2.75) is 39.2 Å². The van der Waals surface area contributed by atoms with Crippen molar-refractivity contribution in [1.82, 2.24) is 15.4 Å². The highest BCUT2D eigenvalue weighted by molar-refractivity contribution is 7.88. The Bertz CT molecular complexity index is 426. The number of sulfonamides is 1. The molecule has 0 spiro atoms. The van der Waals surface area contributed by atoms with E-state index in [1.54, 1.807) is 13.8 Å². The van der Waals surface area contributed by atoms with Gasteiger partial charge in [-0.25, -0.2) is 13.1 Å². The zero-order valence-electron chi connectivity index (χ0n) is 12.2. The second-order valence-corrected chi connectivity index (χ2v) is 8.00. The number of carbonyl (C=O) groups excluding carboxylic acids is 1. The van der Waals surface area contributed by atoms with E-state index in [1.807, 2.05) is 6.92 Å². The summed E-state index contributed by atoms with van der Waals surface area (Å²) in [6.45, 7) is 7.42. The van der Waals surface area contributed by atoms with E-state index >= 15 is 0 Å². The summed E-state index contributed by atoms with van der Waals surface area (Å²) < 4.78 is 25.0. The number of carbonyl (C=O) groups is 1. The molecule has 0 aromatic rings. The third-order valence-corrected chi connectivity index (χ3v) is 4.33. The van der Waals surface area contributed by atoms with Crippen molar-refractivity contribution < 1.29 is 13.2 Å². The van der Waals surface area contributed by atoms with Crippen LogP contribution in [0.1, 0.15) is 33.6 Å². The Labute approximate surface area is 115 Å². The maximum atomic E-state index is 12.2. The first-order valence-electron chi connectivity index (χ1n) is 6.52. The Morgan fingerprint density at radius 1 is 1.32 bits per heavy atom. The van der Waals surface area contributed by atoms with E-state index in [9.17, 15) is 13.2 Å². The van der Waals surface area contributed by atoms with Crippen molar-refractivity contribution in [2.75, 3.05) is 25.9 Å². The van der Waals surface area contributed by atoms with Crippen molar-refractivity contribution in [3.63, 3.8) is 0 Å². The van der Waals surface area contributed by atoms with Crippen LogP contribution in [0.3, 0.4) is 0 Å². The van der Waals surface area contributed by atoms with Gasteiger partial charge in [0.1, 0.15) is 0 Å². The first kappa shape index (κ1) is 16.4. The van der Waals surface area contributed by atoms with Gasteiger partial charge in [-0.3, -0.25) is 4.79 Å². The third kappa shape index (κ3) is 5.46. The fraction of sp³-hybridized carbons (Fsp3) is 0.917. The lowest BCUT2D eigenvalue weighted by Gasteiger charge is -2.34. The van der Waals surface area contributed by atoms with E-state index in [2.05, 4.69) is 15.4 Å². The summed E-state index contributed by atoms with van der Waals surface area (Å²) in [5.74, 6) is -0.00243. The summed E-state index contributed by atoms with van der Waals surface area (Å²) in [5, 5.41) is 6.09. The van der Waals surface area contributed by atoms with Gasteiger partial charge in [-0.2, -0.15) is 0 Å². The molecule has 1 aliphatic rings. The van der Waals surface area contributed by atoms with Crippen molar-refractivity contribution in [3.8, 4) is 0 Å². The normalized spacial score (nSPS) is 20.0. The van der Waals surface area contributed by atoms with Crippen molar-refractivity contribution in [2.24, 2.45) is 5.41 Å². The van der Waals surface area contributed by atoms with Gasteiger partial charge in [0.15, 0.2) is 0 Å². The second kappa shape index (κ2) is 5.76. The van der Waals surface area contributed by atoms with Crippen LogP contribution in [0, 0.1) is 5.41 Å². The highest BCUT2D eigenvalue weighted by Crippen LogP contribution is 2.27. The summed E-state index contributed by atoms with van der Waals surface area (Å²) >= 11 is 0. The summed E-state index contributed by atoms with van der Waals surface area (Å²) in [6, 6.07) is 0. The van der Waals surface area contributed by atoms with Crippen LogP contribution in [0.2, 0.25) is 0 Å². The SMILES string of the molecule is CC(C)(CNC(=O)C1(C)CCNCC1)NS(C)(=O)=O. The average molecular weight is 291 g/mol. The van der Waals surface area contributed by atoms with E-state index in [4.69, 9.17) is 0 Å². The molecular formula is C12H25N3O3S. The maximum absolute atomic E-state index is 12.2. The molecule has 0 aliphatic carbocycles. The molecule has 0 aromatic heterocycles. The molecular weight excluding hydrogens is 266 g/mol. The lowest BCUT2D eigenvalue weighted by atomic mass is 9.80. The molecule has 19 heavy (non-hydrogen) atoms. The molecule has 0 atom stereocenters. The van der Waals surface area contributed by atoms with Gasteiger partial charge < -0.3 is 10.6 Å².